The molecule has 0 aliphatic heterocycles. The molecular formula is C24H16F3N5O2. The Balaban J connectivity index is 1.59. The van der Waals surface area contributed by atoms with Gasteiger partial charge in [0.2, 0.25) is 0 Å². The molecule has 0 saturated heterocycles. The molecule has 1 amide bonds. The van der Waals surface area contributed by atoms with Crippen molar-refractivity contribution >= 4 is 33.3 Å². The van der Waals surface area contributed by atoms with Gasteiger partial charge in [-0.2, -0.15) is 18.3 Å². The van der Waals surface area contributed by atoms with Gasteiger partial charge in [0.25, 0.3) is 11.5 Å². The topological polar surface area (TPSA) is 81.8 Å². The molecule has 0 aliphatic rings. The number of rotatable bonds is 3. The maximum atomic E-state index is 14.1. The number of aryl methyl sites for hydroxylation is 1. The average molecular weight is 463 g/mol. The van der Waals surface area contributed by atoms with E-state index < -0.39 is 23.3 Å². The first kappa shape index (κ1) is 21.4. The lowest BCUT2D eigenvalue weighted by molar-refractivity contribution is -0.143. The molecule has 0 radical (unpaired) electrons. The summed E-state index contributed by atoms with van der Waals surface area (Å²) in [5.74, 6) is -0.996. The van der Waals surface area contributed by atoms with E-state index in [0.717, 1.165) is 6.20 Å². The van der Waals surface area contributed by atoms with Gasteiger partial charge in [0.05, 0.1) is 23.0 Å². The van der Waals surface area contributed by atoms with Gasteiger partial charge >= 0.3 is 6.18 Å². The number of pyridine rings is 2. The van der Waals surface area contributed by atoms with E-state index >= 15 is 0 Å². The Labute approximate surface area is 190 Å². The molecule has 3 aromatic heterocycles. The minimum atomic E-state index is -4.87. The first-order chi connectivity index (χ1) is 16.2. The zero-order chi connectivity index (χ0) is 24.0. The van der Waals surface area contributed by atoms with E-state index in [1.165, 1.54) is 29.0 Å². The third-order valence-corrected chi connectivity index (χ3v) is 5.47. The van der Waals surface area contributed by atoms with Crippen molar-refractivity contribution in [2.45, 2.75) is 6.18 Å². The highest BCUT2D eigenvalue weighted by Crippen LogP contribution is 2.35. The van der Waals surface area contributed by atoms with Crippen LogP contribution in [0.1, 0.15) is 16.1 Å². The van der Waals surface area contributed by atoms with E-state index in [-0.39, 0.29) is 16.9 Å². The van der Waals surface area contributed by atoms with Gasteiger partial charge in [-0.25, -0.2) is 4.68 Å². The lowest BCUT2D eigenvalue weighted by atomic mass is 10.1. The number of nitrogens with one attached hydrogen (secondary N) is 1. The molecule has 0 aliphatic carbocycles. The van der Waals surface area contributed by atoms with Crippen LogP contribution in [0.4, 0.5) is 18.9 Å². The fraction of sp³-hybridized carbons (Fsp3) is 0.0833. The van der Waals surface area contributed by atoms with Crippen molar-refractivity contribution in [1.29, 1.82) is 0 Å². The maximum absolute atomic E-state index is 14.1. The van der Waals surface area contributed by atoms with Crippen LogP contribution < -0.4 is 10.9 Å². The largest absolute Gasteiger partial charge is 0.434 e. The predicted molar refractivity (Wildman–Crippen MR) is 121 cm³/mol. The first-order valence-corrected chi connectivity index (χ1v) is 10.1. The highest BCUT2D eigenvalue weighted by Gasteiger charge is 2.41. The van der Waals surface area contributed by atoms with Crippen LogP contribution in [0.2, 0.25) is 0 Å². The lowest BCUT2D eigenvalue weighted by Gasteiger charge is -2.14. The minimum absolute atomic E-state index is 0.145. The van der Waals surface area contributed by atoms with E-state index in [9.17, 15) is 22.8 Å². The number of fused-ring (bicyclic) bond motifs is 2. The van der Waals surface area contributed by atoms with E-state index in [1.54, 1.807) is 49.6 Å². The number of benzene rings is 2. The van der Waals surface area contributed by atoms with Gasteiger partial charge in [0, 0.05) is 35.9 Å². The van der Waals surface area contributed by atoms with E-state index in [2.05, 4.69) is 15.4 Å². The van der Waals surface area contributed by atoms with Gasteiger partial charge in [0.15, 0.2) is 5.69 Å². The number of anilines is 1. The van der Waals surface area contributed by atoms with Crippen LogP contribution in [0.15, 0.2) is 78.0 Å². The molecule has 5 aromatic rings. The summed E-state index contributed by atoms with van der Waals surface area (Å²) < 4.78 is 44.5. The number of carbonyl (C=O) groups is 1. The normalized spacial score (nSPS) is 11.8. The molecule has 5 rings (SSSR count). The second kappa shape index (κ2) is 7.84. The number of carbonyl (C=O) groups excluding carboxylic acids is 1. The lowest BCUT2D eigenvalue weighted by Crippen LogP contribution is -2.21. The average Bonchev–Trinajstić information content (AvgIpc) is 3.27. The number of hydrogen-bond acceptors (Lipinski definition) is 4. The molecule has 34 heavy (non-hydrogen) atoms. The van der Waals surface area contributed by atoms with Crippen molar-refractivity contribution in [2.24, 2.45) is 7.05 Å². The smallest absolute Gasteiger partial charge is 0.322 e. The van der Waals surface area contributed by atoms with Gasteiger partial charge in [-0.15, -0.1) is 0 Å². The third-order valence-electron chi connectivity index (χ3n) is 5.47. The zero-order valence-electron chi connectivity index (χ0n) is 17.7. The first-order valence-electron chi connectivity index (χ1n) is 10.1. The molecule has 0 bridgehead atoms. The maximum Gasteiger partial charge on any atom is 0.434 e. The highest BCUT2D eigenvalue weighted by atomic mass is 19.4. The summed E-state index contributed by atoms with van der Waals surface area (Å²) in [7, 11) is 1.58. The Kier molecular flexibility index (Phi) is 4.93. The molecule has 2 aromatic carbocycles. The van der Waals surface area contributed by atoms with Crippen LogP contribution in [0.25, 0.3) is 27.4 Å². The Bertz CT molecular complexity index is 1630. The molecule has 10 heteroatoms. The van der Waals surface area contributed by atoms with Crippen LogP contribution >= 0.6 is 0 Å². The molecule has 170 valence electrons. The van der Waals surface area contributed by atoms with Crippen molar-refractivity contribution in [3.05, 3.63) is 94.8 Å². The van der Waals surface area contributed by atoms with Crippen molar-refractivity contribution in [1.82, 2.24) is 19.3 Å². The summed E-state index contributed by atoms with van der Waals surface area (Å²) in [6.45, 7) is 0. The zero-order valence-corrected chi connectivity index (χ0v) is 17.7. The summed E-state index contributed by atoms with van der Waals surface area (Å²) in [6, 6.07) is 14.3. The van der Waals surface area contributed by atoms with Crippen molar-refractivity contribution in [3.8, 4) is 5.69 Å². The highest BCUT2D eigenvalue weighted by molar-refractivity contribution is 6.06. The standard InChI is InChI=1S/C24H16F3N5O2/c1-31-11-9-14-7-8-15(12-17(14)23(31)34)30-22(33)18-13-29-32(21(18)24(25,26)27)20-6-2-5-19-16(20)4-3-10-28-19/h2-13H,1H3,(H,30,33). The van der Waals surface area contributed by atoms with Crippen molar-refractivity contribution in [2.75, 3.05) is 5.32 Å². The summed E-state index contributed by atoms with van der Waals surface area (Å²) >= 11 is 0. The van der Waals surface area contributed by atoms with Crippen LogP contribution in [0, 0.1) is 0 Å². The van der Waals surface area contributed by atoms with Gasteiger partial charge in [0.1, 0.15) is 0 Å². The monoisotopic (exact) mass is 463 g/mol. The molecule has 0 unspecified atom stereocenters. The van der Waals surface area contributed by atoms with E-state index in [0.29, 0.717) is 26.4 Å². The predicted octanol–water partition coefficient (Wildman–Crippen LogP) is 4.54. The van der Waals surface area contributed by atoms with Gasteiger partial charge in [-0.3, -0.25) is 14.6 Å². The van der Waals surface area contributed by atoms with E-state index in [4.69, 9.17) is 0 Å². The van der Waals surface area contributed by atoms with Gasteiger partial charge in [-0.1, -0.05) is 12.1 Å². The van der Waals surface area contributed by atoms with Gasteiger partial charge < -0.3 is 9.88 Å². The summed E-state index contributed by atoms with van der Waals surface area (Å²) in [5, 5.41) is 7.79. The number of alkyl halides is 3. The van der Waals surface area contributed by atoms with Crippen molar-refractivity contribution < 1.29 is 18.0 Å². The molecule has 0 atom stereocenters. The quantitative estimate of drug-likeness (QED) is 0.426. The molecule has 0 saturated carbocycles. The summed E-state index contributed by atoms with van der Waals surface area (Å²) in [5.41, 5.74) is -1.32. The number of halogens is 3. The number of nitrogens with zero attached hydrogens (tertiary/aromatic N) is 4. The Morgan fingerprint density at radius 3 is 2.65 bits per heavy atom. The molecule has 7 nitrogen and oxygen atoms in total. The minimum Gasteiger partial charge on any atom is -0.322 e. The SMILES string of the molecule is Cn1ccc2ccc(NC(=O)c3cnn(-c4cccc5ncccc45)c3C(F)(F)F)cc2c1=O. The Hall–Kier alpha value is -4.47. The second-order valence-corrected chi connectivity index (χ2v) is 7.65. The fourth-order valence-corrected chi connectivity index (χ4v) is 3.85. The van der Waals surface area contributed by atoms with Crippen LogP contribution in [-0.2, 0) is 13.2 Å². The molecular weight excluding hydrogens is 447 g/mol. The third kappa shape index (κ3) is 3.58. The number of aromatic nitrogens is 4. The van der Waals surface area contributed by atoms with Crippen molar-refractivity contribution in [3.63, 3.8) is 0 Å². The van der Waals surface area contributed by atoms with Crippen LogP contribution in [-0.4, -0.2) is 25.2 Å². The molecule has 3 heterocycles. The Morgan fingerprint density at radius 2 is 1.85 bits per heavy atom. The summed E-state index contributed by atoms with van der Waals surface area (Å²) in [6.07, 6.45) is -0.842. The van der Waals surface area contributed by atoms with Gasteiger partial charge in [-0.05, 0) is 47.9 Å². The second-order valence-electron chi connectivity index (χ2n) is 7.65. The Morgan fingerprint density at radius 1 is 1.03 bits per heavy atom. The molecule has 0 spiro atoms. The molecule has 0 fully saturated rings. The number of amides is 1. The van der Waals surface area contributed by atoms with Crippen LogP contribution in [0.3, 0.4) is 0 Å². The number of hydrogen-bond donors (Lipinski definition) is 1. The fourth-order valence-electron chi connectivity index (χ4n) is 3.85. The van der Waals surface area contributed by atoms with E-state index in [1.807, 2.05) is 0 Å². The van der Waals surface area contributed by atoms with Crippen LogP contribution in [0.5, 0.6) is 0 Å². The summed E-state index contributed by atoms with van der Waals surface area (Å²) in [4.78, 5) is 29.5. The molecule has 1 N–H and O–H groups in total.